The largest absolute Gasteiger partial charge is 0.462 e. The summed E-state index contributed by atoms with van der Waals surface area (Å²) in [5.74, 6) is -3.01. The summed E-state index contributed by atoms with van der Waals surface area (Å²) in [5.41, 5.74) is 0.728. The quantitative estimate of drug-likeness (QED) is 0.587. The molecule has 162 valence electrons. The molecule has 0 saturated carbocycles. The number of aromatic nitrogens is 1. The van der Waals surface area contributed by atoms with Gasteiger partial charge in [0.1, 0.15) is 22.7 Å². The standard InChI is InChI=1S/C22H21FN2O6/c1-5-29-21(27)17-12(4)31-20(18(17)22(28)30-6-2)25-19(26)15-9-11(3)24-16-8-7-13(23)10-14(15)16/h7-10H,5-6H2,1-4H3,(H,25,26). The lowest BCUT2D eigenvalue weighted by Crippen LogP contribution is -2.18. The third-order valence-corrected chi connectivity index (χ3v) is 4.41. The smallest absolute Gasteiger partial charge is 0.344 e. The van der Waals surface area contributed by atoms with Crippen LogP contribution in [0.25, 0.3) is 10.9 Å². The van der Waals surface area contributed by atoms with E-state index in [2.05, 4.69) is 10.3 Å². The Morgan fingerprint density at radius 3 is 2.32 bits per heavy atom. The molecule has 0 unspecified atom stereocenters. The van der Waals surface area contributed by atoms with Crippen LogP contribution in [0.2, 0.25) is 0 Å². The molecular formula is C22H21FN2O6. The van der Waals surface area contributed by atoms with E-state index in [-0.39, 0.29) is 46.9 Å². The Balaban J connectivity index is 2.09. The molecule has 0 atom stereocenters. The van der Waals surface area contributed by atoms with Gasteiger partial charge >= 0.3 is 11.9 Å². The van der Waals surface area contributed by atoms with Crippen molar-refractivity contribution in [2.24, 2.45) is 0 Å². The molecule has 0 fully saturated rings. The number of esters is 2. The molecule has 1 N–H and O–H groups in total. The number of hydrogen-bond acceptors (Lipinski definition) is 7. The molecular weight excluding hydrogens is 407 g/mol. The minimum atomic E-state index is -0.848. The van der Waals surface area contributed by atoms with Crippen molar-refractivity contribution in [1.82, 2.24) is 4.98 Å². The second-order valence-electron chi connectivity index (χ2n) is 6.61. The Labute approximate surface area is 177 Å². The predicted octanol–water partition coefficient (Wildman–Crippen LogP) is 4.19. The van der Waals surface area contributed by atoms with Gasteiger partial charge in [0, 0.05) is 11.1 Å². The predicted molar refractivity (Wildman–Crippen MR) is 110 cm³/mol. The topological polar surface area (TPSA) is 108 Å². The molecule has 31 heavy (non-hydrogen) atoms. The average Bonchev–Trinajstić information content (AvgIpc) is 3.03. The zero-order valence-electron chi connectivity index (χ0n) is 17.5. The molecule has 3 rings (SSSR count). The normalized spacial score (nSPS) is 10.7. The molecule has 3 aromatic rings. The fraction of sp³-hybridized carbons (Fsp3) is 0.273. The van der Waals surface area contributed by atoms with Crippen LogP contribution in [0.15, 0.2) is 28.7 Å². The van der Waals surface area contributed by atoms with Crippen molar-refractivity contribution in [3.63, 3.8) is 0 Å². The van der Waals surface area contributed by atoms with E-state index in [1.807, 2.05) is 0 Å². The van der Waals surface area contributed by atoms with Gasteiger partial charge in [-0.25, -0.2) is 14.0 Å². The highest BCUT2D eigenvalue weighted by atomic mass is 19.1. The van der Waals surface area contributed by atoms with Gasteiger partial charge in [-0.15, -0.1) is 0 Å². The number of amides is 1. The van der Waals surface area contributed by atoms with Gasteiger partial charge in [-0.2, -0.15) is 0 Å². The Bertz CT molecular complexity index is 1180. The van der Waals surface area contributed by atoms with E-state index in [0.717, 1.165) is 0 Å². The first-order chi connectivity index (χ1) is 14.8. The van der Waals surface area contributed by atoms with Gasteiger partial charge in [-0.05, 0) is 52.0 Å². The maximum absolute atomic E-state index is 13.8. The number of nitrogens with one attached hydrogen (secondary N) is 1. The van der Waals surface area contributed by atoms with Crippen LogP contribution in [-0.2, 0) is 9.47 Å². The summed E-state index contributed by atoms with van der Waals surface area (Å²) in [6.45, 7) is 6.52. The lowest BCUT2D eigenvalue weighted by molar-refractivity contribution is 0.0480. The van der Waals surface area contributed by atoms with Crippen LogP contribution in [0.5, 0.6) is 0 Å². The van der Waals surface area contributed by atoms with Gasteiger partial charge in [0.25, 0.3) is 5.91 Å². The molecule has 0 aliphatic heterocycles. The van der Waals surface area contributed by atoms with Crippen molar-refractivity contribution in [3.05, 3.63) is 58.2 Å². The van der Waals surface area contributed by atoms with Crippen LogP contribution in [0, 0.1) is 19.7 Å². The number of halogens is 1. The molecule has 0 bridgehead atoms. The first kappa shape index (κ1) is 21.9. The van der Waals surface area contributed by atoms with Crippen molar-refractivity contribution in [3.8, 4) is 0 Å². The molecule has 0 aliphatic carbocycles. The number of carbonyl (C=O) groups excluding carboxylic acids is 3. The van der Waals surface area contributed by atoms with Gasteiger partial charge in [0.15, 0.2) is 0 Å². The summed E-state index contributed by atoms with van der Waals surface area (Å²) in [5, 5.41) is 2.79. The van der Waals surface area contributed by atoms with Crippen molar-refractivity contribution in [2.45, 2.75) is 27.7 Å². The summed E-state index contributed by atoms with van der Waals surface area (Å²) in [4.78, 5) is 42.2. The maximum Gasteiger partial charge on any atom is 0.344 e. The number of fused-ring (bicyclic) bond motifs is 1. The lowest BCUT2D eigenvalue weighted by atomic mass is 10.1. The van der Waals surface area contributed by atoms with Crippen molar-refractivity contribution < 1.29 is 32.7 Å². The Morgan fingerprint density at radius 1 is 1.03 bits per heavy atom. The number of rotatable bonds is 6. The number of aryl methyl sites for hydroxylation is 2. The van der Waals surface area contributed by atoms with Gasteiger partial charge in [-0.1, -0.05) is 0 Å². The van der Waals surface area contributed by atoms with E-state index in [0.29, 0.717) is 11.2 Å². The zero-order valence-corrected chi connectivity index (χ0v) is 17.5. The highest BCUT2D eigenvalue weighted by molar-refractivity contribution is 6.15. The number of carbonyl (C=O) groups is 3. The number of hydrogen-bond donors (Lipinski definition) is 1. The molecule has 8 nitrogen and oxygen atoms in total. The maximum atomic E-state index is 13.8. The number of anilines is 1. The van der Waals surface area contributed by atoms with Crippen LogP contribution in [0.1, 0.15) is 56.4 Å². The molecule has 1 aromatic carbocycles. The number of pyridine rings is 1. The first-order valence-electron chi connectivity index (χ1n) is 9.62. The van der Waals surface area contributed by atoms with E-state index in [9.17, 15) is 18.8 Å². The van der Waals surface area contributed by atoms with E-state index in [1.165, 1.54) is 31.2 Å². The summed E-state index contributed by atoms with van der Waals surface area (Å²) in [6, 6.07) is 5.40. The fourth-order valence-electron chi connectivity index (χ4n) is 3.17. The molecule has 0 radical (unpaired) electrons. The van der Waals surface area contributed by atoms with Crippen LogP contribution in [0.3, 0.4) is 0 Å². The van der Waals surface area contributed by atoms with E-state index in [1.54, 1.807) is 20.8 Å². The lowest BCUT2D eigenvalue weighted by Gasteiger charge is -2.09. The molecule has 2 aromatic heterocycles. The molecule has 0 spiro atoms. The summed E-state index contributed by atoms with van der Waals surface area (Å²) in [6.07, 6.45) is 0. The number of furan rings is 1. The Kier molecular flexibility index (Phi) is 6.33. The van der Waals surface area contributed by atoms with Gasteiger partial charge < -0.3 is 13.9 Å². The number of nitrogens with zero attached hydrogens (tertiary/aromatic N) is 1. The van der Waals surface area contributed by atoms with Gasteiger partial charge in [0.2, 0.25) is 5.88 Å². The third-order valence-electron chi connectivity index (χ3n) is 4.41. The minimum absolute atomic E-state index is 0.0478. The number of ether oxygens (including phenoxy) is 2. The monoisotopic (exact) mass is 428 g/mol. The number of benzene rings is 1. The van der Waals surface area contributed by atoms with E-state index >= 15 is 0 Å². The second-order valence-corrected chi connectivity index (χ2v) is 6.61. The average molecular weight is 428 g/mol. The van der Waals surface area contributed by atoms with Crippen molar-refractivity contribution in [2.75, 3.05) is 18.5 Å². The highest BCUT2D eigenvalue weighted by Crippen LogP contribution is 2.30. The highest BCUT2D eigenvalue weighted by Gasteiger charge is 2.31. The van der Waals surface area contributed by atoms with Crippen LogP contribution < -0.4 is 5.32 Å². The van der Waals surface area contributed by atoms with Gasteiger partial charge in [0.05, 0.1) is 24.3 Å². The molecule has 1 amide bonds. The van der Waals surface area contributed by atoms with Crippen LogP contribution in [0.4, 0.5) is 10.3 Å². The summed E-state index contributed by atoms with van der Waals surface area (Å²) >= 11 is 0. The Morgan fingerprint density at radius 2 is 1.68 bits per heavy atom. The molecule has 2 heterocycles. The van der Waals surface area contributed by atoms with Crippen molar-refractivity contribution in [1.29, 1.82) is 0 Å². The Hall–Kier alpha value is -3.75. The SMILES string of the molecule is CCOC(=O)c1c(C)oc(NC(=O)c2cc(C)nc3ccc(F)cc23)c1C(=O)OCC. The van der Waals surface area contributed by atoms with E-state index < -0.39 is 23.7 Å². The van der Waals surface area contributed by atoms with Crippen LogP contribution in [-0.4, -0.2) is 36.0 Å². The fourth-order valence-corrected chi connectivity index (χ4v) is 3.17. The molecule has 0 saturated heterocycles. The minimum Gasteiger partial charge on any atom is -0.462 e. The third kappa shape index (κ3) is 4.40. The molecule has 9 heteroatoms. The first-order valence-corrected chi connectivity index (χ1v) is 9.62. The molecule has 0 aliphatic rings. The zero-order chi connectivity index (χ0) is 22.7. The second kappa shape index (κ2) is 8.95. The summed E-state index contributed by atoms with van der Waals surface area (Å²) < 4.78 is 29.3. The summed E-state index contributed by atoms with van der Waals surface area (Å²) in [7, 11) is 0. The van der Waals surface area contributed by atoms with Crippen molar-refractivity contribution >= 4 is 34.6 Å². The van der Waals surface area contributed by atoms with E-state index in [4.69, 9.17) is 13.9 Å². The van der Waals surface area contributed by atoms with Crippen LogP contribution >= 0.6 is 0 Å². The van der Waals surface area contributed by atoms with Gasteiger partial charge in [-0.3, -0.25) is 15.1 Å².